The molecular formula is C18H39ClN2O4S2. The van der Waals surface area contributed by atoms with Crippen LogP contribution in [0, 0.1) is 0 Å². The van der Waals surface area contributed by atoms with Crippen LogP contribution in [0.25, 0.3) is 0 Å². The number of halogens is 1. The summed E-state index contributed by atoms with van der Waals surface area (Å²) in [6.45, 7) is 10.3. The van der Waals surface area contributed by atoms with Crippen LogP contribution in [0.15, 0.2) is 0 Å². The van der Waals surface area contributed by atoms with Crippen molar-refractivity contribution in [2.45, 2.75) is 60.5 Å². The molecule has 1 N–H and O–H groups in total. The number of ether oxygens (including phenoxy) is 1. The smallest absolute Gasteiger partial charge is 0.410 e. The maximum atomic E-state index is 11.5. The van der Waals surface area contributed by atoms with Gasteiger partial charge in [-0.25, -0.2) is 4.79 Å². The second-order valence-corrected chi connectivity index (χ2v) is 8.94. The molecular weight excluding hydrogens is 408 g/mol. The molecule has 0 atom stereocenters. The largest absolute Gasteiger partial charge is 0.444 e. The number of amides is 1. The Labute approximate surface area is 180 Å². The number of rotatable bonds is 8. The molecule has 0 aliphatic carbocycles. The van der Waals surface area contributed by atoms with Gasteiger partial charge in [-0.05, 0) is 47.2 Å². The molecule has 0 spiro atoms. The topological polar surface area (TPSA) is 75.7 Å². The van der Waals surface area contributed by atoms with Crippen molar-refractivity contribution in [2.24, 2.45) is 0 Å². The van der Waals surface area contributed by atoms with Crippen LogP contribution in [0.3, 0.4) is 0 Å². The van der Waals surface area contributed by atoms with Crippen LogP contribution in [0.5, 0.6) is 0 Å². The van der Waals surface area contributed by atoms with E-state index in [1.54, 1.807) is 20.9 Å². The van der Waals surface area contributed by atoms with Gasteiger partial charge in [-0.3, -0.25) is 9.59 Å². The van der Waals surface area contributed by atoms with E-state index in [0.29, 0.717) is 6.54 Å². The van der Waals surface area contributed by atoms with E-state index in [4.69, 9.17) is 4.74 Å². The molecule has 0 unspecified atom stereocenters. The molecule has 6 nitrogen and oxygen atoms in total. The summed E-state index contributed by atoms with van der Waals surface area (Å²) in [5, 5.41) is 3.34. The zero-order valence-electron chi connectivity index (χ0n) is 17.0. The van der Waals surface area contributed by atoms with Gasteiger partial charge >= 0.3 is 6.09 Å². The van der Waals surface area contributed by atoms with Crippen LogP contribution in [0.1, 0.15) is 54.9 Å². The first-order valence-corrected chi connectivity index (χ1v) is 10.3. The molecule has 0 aromatic carbocycles. The zero-order valence-corrected chi connectivity index (χ0v) is 19.5. The van der Waals surface area contributed by atoms with Crippen molar-refractivity contribution in [2.75, 3.05) is 38.7 Å². The molecule has 0 aromatic rings. The quantitative estimate of drug-likeness (QED) is 0.551. The minimum Gasteiger partial charge on any atom is -0.444 e. The lowest BCUT2D eigenvalue weighted by atomic mass is 10.2. The highest BCUT2D eigenvalue weighted by molar-refractivity contribution is 8.13. The van der Waals surface area contributed by atoms with Crippen LogP contribution in [-0.4, -0.2) is 65.5 Å². The molecule has 9 heteroatoms. The number of carbonyl (C=O) groups is 3. The minimum absolute atomic E-state index is 0. The van der Waals surface area contributed by atoms with Gasteiger partial charge in [0.05, 0.1) is 0 Å². The Morgan fingerprint density at radius 2 is 1.44 bits per heavy atom. The normalized spacial score (nSPS) is 9.74. The monoisotopic (exact) mass is 446 g/mol. The average Bonchev–Trinajstić information content (AvgIpc) is 2.46. The van der Waals surface area contributed by atoms with Gasteiger partial charge in [-0.2, -0.15) is 0 Å². The van der Waals surface area contributed by atoms with Crippen LogP contribution in [0.4, 0.5) is 4.79 Å². The van der Waals surface area contributed by atoms with E-state index in [1.807, 2.05) is 27.8 Å². The number of nitrogens with zero attached hydrogens (tertiary/aromatic N) is 1. The predicted molar refractivity (Wildman–Crippen MR) is 122 cm³/mol. The standard InChI is InChI=1S/C11H21NO3S.C6H13NOS.CH4.ClH/c1-9(13)16-8-6-7-12(5)10(14)15-11(2,3)4;1-6(8)9-5-3-4-7-2;;/h6-8H2,1-5H3;7H,3-5H2,1-2H3;1H4;1H. The fourth-order valence-electron chi connectivity index (χ4n) is 1.41. The lowest BCUT2D eigenvalue weighted by molar-refractivity contribution is -0.109. The first-order valence-electron chi connectivity index (χ1n) is 8.35. The average molecular weight is 447 g/mol. The van der Waals surface area contributed by atoms with Crippen LogP contribution >= 0.6 is 35.9 Å². The SMILES string of the molecule is C.CC(=O)SCCCN(C)C(=O)OC(C)(C)C.CNCCCSC(C)=O.Cl. The van der Waals surface area contributed by atoms with Crippen molar-refractivity contribution >= 4 is 52.3 Å². The lowest BCUT2D eigenvalue weighted by Gasteiger charge is -2.24. The van der Waals surface area contributed by atoms with E-state index in [2.05, 4.69) is 5.32 Å². The van der Waals surface area contributed by atoms with Crippen LogP contribution in [-0.2, 0) is 14.3 Å². The Hall–Kier alpha value is -0.440. The highest BCUT2D eigenvalue weighted by atomic mass is 35.5. The number of nitrogens with one attached hydrogen (secondary N) is 1. The van der Waals surface area contributed by atoms with Crippen LogP contribution < -0.4 is 5.32 Å². The molecule has 0 saturated heterocycles. The Kier molecular flexibility index (Phi) is 25.6. The van der Waals surface area contributed by atoms with E-state index < -0.39 is 5.60 Å². The van der Waals surface area contributed by atoms with Crippen molar-refractivity contribution in [3.8, 4) is 0 Å². The highest BCUT2D eigenvalue weighted by Gasteiger charge is 2.19. The number of hydrogen-bond acceptors (Lipinski definition) is 7. The molecule has 27 heavy (non-hydrogen) atoms. The zero-order chi connectivity index (χ0) is 19.9. The third-order valence-corrected chi connectivity index (χ3v) is 4.32. The summed E-state index contributed by atoms with van der Waals surface area (Å²) in [5.74, 6) is 1.68. The van der Waals surface area contributed by atoms with Gasteiger partial charge in [0.25, 0.3) is 0 Å². The first-order chi connectivity index (χ1) is 11.5. The number of hydrogen-bond donors (Lipinski definition) is 1. The summed E-state index contributed by atoms with van der Waals surface area (Å²) >= 11 is 2.67. The molecule has 0 aromatic heterocycles. The minimum atomic E-state index is -0.459. The fraction of sp³-hybridized carbons (Fsp3) is 0.833. The van der Waals surface area contributed by atoms with Crippen molar-refractivity contribution < 1.29 is 19.1 Å². The molecule has 164 valence electrons. The molecule has 0 bridgehead atoms. The van der Waals surface area contributed by atoms with Crippen molar-refractivity contribution in [3.63, 3.8) is 0 Å². The van der Waals surface area contributed by atoms with Gasteiger partial charge in [-0.1, -0.05) is 31.0 Å². The summed E-state index contributed by atoms with van der Waals surface area (Å²) < 4.78 is 5.19. The van der Waals surface area contributed by atoms with Crippen molar-refractivity contribution in [1.82, 2.24) is 10.2 Å². The number of thioether (sulfide) groups is 2. The number of carbonyl (C=O) groups excluding carboxylic acids is 3. The molecule has 0 rings (SSSR count). The van der Waals surface area contributed by atoms with Crippen LogP contribution in [0.2, 0.25) is 0 Å². The molecule has 0 aliphatic rings. The maximum absolute atomic E-state index is 11.5. The van der Waals surface area contributed by atoms with Gasteiger partial charge in [0, 0.05) is 38.9 Å². The highest BCUT2D eigenvalue weighted by Crippen LogP contribution is 2.10. The van der Waals surface area contributed by atoms with Gasteiger partial charge < -0.3 is 15.0 Å². The summed E-state index contributed by atoms with van der Waals surface area (Å²) in [4.78, 5) is 34.1. The van der Waals surface area contributed by atoms with Gasteiger partial charge in [0.1, 0.15) is 5.60 Å². The van der Waals surface area contributed by atoms with Gasteiger partial charge in [0.2, 0.25) is 0 Å². The molecule has 0 aliphatic heterocycles. The Morgan fingerprint density at radius 1 is 1.00 bits per heavy atom. The predicted octanol–water partition coefficient (Wildman–Crippen LogP) is 4.46. The summed E-state index contributed by atoms with van der Waals surface area (Å²) in [7, 11) is 3.62. The lowest BCUT2D eigenvalue weighted by Crippen LogP contribution is -2.34. The summed E-state index contributed by atoms with van der Waals surface area (Å²) in [6.07, 6.45) is 1.54. The van der Waals surface area contributed by atoms with E-state index in [0.717, 1.165) is 30.9 Å². The van der Waals surface area contributed by atoms with E-state index in [9.17, 15) is 14.4 Å². The Morgan fingerprint density at radius 3 is 1.81 bits per heavy atom. The van der Waals surface area contributed by atoms with E-state index in [1.165, 1.54) is 28.4 Å². The van der Waals surface area contributed by atoms with E-state index >= 15 is 0 Å². The van der Waals surface area contributed by atoms with E-state index in [-0.39, 0.29) is 36.2 Å². The molecule has 1 amide bonds. The van der Waals surface area contributed by atoms with Gasteiger partial charge in [0.15, 0.2) is 10.2 Å². The maximum Gasteiger partial charge on any atom is 0.410 e. The fourth-order valence-corrected chi connectivity index (χ4v) is 2.55. The first kappa shape index (κ1) is 34.1. The third-order valence-electron chi connectivity index (χ3n) is 2.52. The summed E-state index contributed by atoms with van der Waals surface area (Å²) in [5.41, 5.74) is -0.459. The molecule has 0 heterocycles. The molecule has 0 fully saturated rings. The second kappa shape index (κ2) is 20.3. The molecule has 0 radical (unpaired) electrons. The van der Waals surface area contributed by atoms with Crippen molar-refractivity contribution in [3.05, 3.63) is 0 Å². The Bertz CT molecular complexity index is 405. The van der Waals surface area contributed by atoms with Crippen molar-refractivity contribution in [1.29, 1.82) is 0 Å². The Balaban J connectivity index is -0.000000208. The second-order valence-electron chi connectivity index (χ2n) is 6.39. The van der Waals surface area contributed by atoms with Gasteiger partial charge in [-0.15, -0.1) is 12.4 Å². The summed E-state index contributed by atoms with van der Waals surface area (Å²) in [6, 6.07) is 0. The third kappa shape index (κ3) is 30.5. The molecule has 0 saturated carbocycles.